The minimum absolute atomic E-state index is 0.156. The van der Waals surface area contributed by atoms with Gasteiger partial charge in [-0.15, -0.1) is 10.2 Å². The third-order valence-corrected chi connectivity index (χ3v) is 6.05. The van der Waals surface area contributed by atoms with E-state index in [1.54, 1.807) is 12.1 Å². The molecule has 1 N–H and O–H groups in total. The van der Waals surface area contributed by atoms with Crippen LogP contribution < -0.4 is 5.32 Å². The van der Waals surface area contributed by atoms with Crippen molar-refractivity contribution in [1.29, 1.82) is 0 Å². The Morgan fingerprint density at radius 2 is 1.74 bits per heavy atom. The maximum atomic E-state index is 13.3. The van der Waals surface area contributed by atoms with Crippen LogP contribution in [0.25, 0.3) is 11.5 Å². The fraction of sp³-hybridized carbons (Fsp3) is 0.125. The molecule has 4 rings (SSSR count). The molecular formula is C24H20ClN3O2S. The van der Waals surface area contributed by atoms with E-state index in [1.807, 2.05) is 74.5 Å². The molecule has 0 saturated carbocycles. The topological polar surface area (TPSA) is 68.0 Å². The monoisotopic (exact) mass is 449 g/mol. The summed E-state index contributed by atoms with van der Waals surface area (Å²) in [4.78, 5) is 13.3. The van der Waals surface area contributed by atoms with E-state index in [1.165, 1.54) is 11.8 Å². The number of nitrogens with one attached hydrogen (secondary N) is 1. The number of thioether (sulfide) groups is 1. The first-order valence-electron chi connectivity index (χ1n) is 9.69. The first kappa shape index (κ1) is 21.2. The fourth-order valence-corrected chi connectivity index (χ4v) is 4.04. The lowest BCUT2D eigenvalue weighted by molar-refractivity contribution is -0.115. The Bertz CT molecular complexity index is 1190. The predicted molar refractivity (Wildman–Crippen MR) is 124 cm³/mol. The van der Waals surface area contributed by atoms with E-state index in [0.717, 1.165) is 27.9 Å². The first-order chi connectivity index (χ1) is 15.0. The number of amides is 1. The van der Waals surface area contributed by atoms with Crippen molar-refractivity contribution >= 4 is 35.0 Å². The van der Waals surface area contributed by atoms with Crippen molar-refractivity contribution in [2.24, 2.45) is 0 Å². The summed E-state index contributed by atoms with van der Waals surface area (Å²) in [6.45, 7) is 3.96. The highest BCUT2D eigenvalue weighted by Crippen LogP contribution is 2.37. The molecule has 3 aromatic carbocycles. The van der Waals surface area contributed by atoms with E-state index in [0.29, 0.717) is 16.1 Å². The van der Waals surface area contributed by atoms with Crippen LogP contribution in [0, 0.1) is 13.8 Å². The molecule has 1 heterocycles. The summed E-state index contributed by atoms with van der Waals surface area (Å²) in [6.07, 6.45) is 0. The molecule has 0 radical (unpaired) electrons. The van der Waals surface area contributed by atoms with E-state index in [4.69, 9.17) is 16.0 Å². The quantitative estimate of drug-likeness (QED) is 0.341. The Kier molecular flexibility index (Phi) is 6.39. The van der Waals surface area contributed by atoms with Crippen molar-refractivity contribution < 1.29 is 9.21 Å². The number of halogens is 1. The van der Waals surface area contributed by atoms with Crippen LogP contribution in [0.1, 0.15) is 21.9 Å². The SMILES string of the molecule is Cc1ccc(C)c(NC(=O)C(Sc2nnc(-c3ccc(Cl)cc3)o2)c2ccccc2)c1. The summed E-state index contributed by atoms with van der Waals surface area (Å²) in [5.41, 5.74) is 4.48. The highest BCUT2D eigenvalue weighted by molar-refractivity contribution is 8.00. The lowest BCUT2D eigenvalue weighted by atomic mass is 10.1. The van der Waals surface area contributed by atoms with E-state index in [9.17, 15) is 4.79 Å². The Hall–Kier alpha value is -3.09. The van der Waals surface area contributed by atoms with Gasteiger partial charge in [0.25, 0.3) is 5.22 Å². The molecule has 0 bridgehead atoms. The van der Waals surface area contributed by atoms with E-state index in [-0.39, 0.29) is 5.91 Å². The van der Waals surface area contributed by atoms with Gasteiger partial charge >= 0.3 is 0 Å². The largest absolute Gasteiger partial charge is 0.411 e. The average Bonchev–Trinajstić information content (AvgIpc) is 3.24. The second kappa shape index (κ2) is 9.37. The summed E-state index contributed by atoms with van der Waals surface area (Å²) < 4.78 is 5.82. The van der Waals surface area contributed by atoms with E-state index in [2.05, 4.69) is 15.5 Å². The van der Waals surface area contributed by atoms with Crippen molar-refractivity contribution in [3.63, 3.8) is 0 Å². The molecule has 0 aliphatic carbocycles. The zero-order chi connectivity index (χ0) is 21.8. The number of carbonyl (C=O) groups is 1. The summed E-state index contributed by atoms with van der Waals surface area (Å²) >= 11 is 7.17. The Morgan fingerprint density at radius 1 is 1.00 bits per heavy atom. The van der Waals surface area contributed by atoms with Gasteiger partial charge in [0.1, 0.15) is 5.25 Å². The number of anilines is 1. The molecule has 7 heteroatoms. The molecule has 0 aliphatic heterocycles. The van der Waals surface area contributed by atoms with Crippen LogP contribution in [0.2, 0.25) is 5.02 Å². The molecule has 156 valence electrons. The number of aryl methyl sites for hydroxylation is 2. The van der Waals surface area contributed by atoms with Gasteiger partial charge in [0.2, 0.25) is 11.8 Å². The van der Waals surface area contributed by atoms with Crippen molar-refractivity contribution in [2.45, 2.75) is 24.3 Å². The third kappa shape index (κ3) is 5.16. The average molecular weight is 450 g/mol. The van der Waals surface area contributed by atoms with Crippen LogP contribution in [0.15, 0.2) is 82.4 Å². The molecule has 1 unspecified atom stereocenters. The second-order valence-electron chi connectivity index (χ2n) is 7.10. The number of aromatic nitrogens is 2. The predicted octanol–water partition coefficient (Wildman–Crippen LogP) is 6.48. The number of carbonyl (C=O) groups excluding carboxylic acids is 1. The van der Waals surface area contributed by atoms with Gasteiger partial charge in [-0.25, -0.2) is 0 Å². The Morgan fingerprint density at radius 3 is 2.48 bits per heavy atom. The van der Waals surface area contributed by atoms with Crippen molar-refractivity contribution in [3.05, 3.63) is 94.5 Å². The van der Waals surface area contributed by atoms with Crippen LogP contribution >= 0.6 is 23.4 Å². The Labute approximate surface area is 189 Å². The van der Waals surface area contributed by atoms with Crippen molar-refractivity contribution in [2.75, 3.05) is 5.32 Å². The maximum absolute atomic E-state index is 13.3. The smallest absolute Gasteiger partial charge is 0.277 e. The minimum atomic E-state index is -0.556. The molecule has 0 spiro atoms. The minimum Gasteiger partial charge on any atom is -0.411 e. The summed E-state index contributed by atoms with van der Waals surface area (Å²) in [7, 11) is 0. The van der Waals surface area contributed by atoms with Crippen LogP contribution in [0.5, 0.6) is 0 Å². The number of nitrogens with zero attached hydrogens (tertiary/aromatic N) is 2. The van der Waals surface area contributed by atoms with Crippen molar-refractivity contribution in [3.8, 4) is 11.5 Å². The van der Waals surface area contributed by atoms with Crippen LogP contribution in [0.4, 0.5) is 5.69 Å². The molecule has 0 fully saturated rings. The van der Waals surface area contributed by atoms with Gasteiger partial charge in [-0.1, -0.05) is 54.1 Å². The number of rotatable bonds is 6. The zero-order valence-corrected chi connectivity index (χ0v) is 18.6. The van der Waals surface area contributed by atoms with Gasteiger partial charge in [0, 0.05) is 16.3 Å². The van der Waals surface area contributed by atoms with Crippen LogP contribution in [-0.4, -0.2) is 16.1 Å². The highest BCUT2D eigenvalue weighted by Gasteiger charge is 2.25. The molecule has 4 aromatic rings. The van der Waals surface area contributed by atoms with Gasteiger partial charge < -0.3 is 9.73 Å². The third-order valence-electron chi connectivity index (χ3n) is 4.71. The lowest BCUT2D eigenvalue weighted by Crippen LogP contribution is -2.19. The maximum Gasteiger partial charge on any atom is 0.277 e. The van der Waals surface area contributed by atoms with Gasteiger partial charge in [-0.3, -0.25) is 4.79 Å². The van der Waals surface area contributed by atoms with E-state index >= 15 is 0 Å². The van der Waals surface area contributed by atoms with Gasteiger partial charge in [-0.05, 0) is 72.6 Å². The van der Waals surface area contributed by atoms with Gasteiger partial charge in [-0.2, -0.15) is 0 Å². The molecule has 1 atom stereocenters. The second-order valence-corrected chi connectivity index (χ2v) is 8.59. The Balaban J connectivity index is 1.60. The molecular weight excluding hydrogens is 430 g/mol. The summed E-state index contributed by atoms with van der Waals surface area (Å²) in [6, 6.07) is 22.7. The standard InChI is InChI=1S/C24H20ClN3O2S/c1-15-8-9-16(2)20(14-15)26-22(29)21(17-6-4-3-5-7-17)31-24-28-27-23(30-24)18-10-12-19(25)13-11-18/h3-14,21H,1-2H3,(H,26,29). The van der Waals surface area contributed by atoms with E-state index < -0.39 is 5.25 Å². The summed E-state index contributed by atoms with van der Waals surface area (Å²) in [5.74, 6) is 0.219. The fourth-order valence-electron chi connectivity index (χ4n) is 3.04. The molecule has 5 nitrogen and oxygen atoms in total. The van der Waals surface area contributed by atoms with Gasteiger partial charge in [0.15, 0.2) is 0 Å². The molecule has 0 aliphatic rings. The normalized spacial score (nSPS) is 11.8. The van der Waals surface area contributed by atoms with Crippen LogP contribution in [0.3, 0.4) is 0 Å². The molecule has 1 aromatic heterocycles. The van der Waals surface area contributed by atoms with Gasteiger partial charge in [0.05, 0.1) is 0 Å². The number of hydrogen-bond acceptors (Lipinski definition) is 5. The summed E-state index contributed by atoms with van der Waals surface area (Å²) in [5, 5.41) is 11.7. The molecule has 31 heavy (non-hydrogen) atoms. The lowest BCUT2D eigenvalue weighted by Gasteiger charge is -2.16. The molecule has 1 amide bonds. The number of hydrogen-bond donors (Lipinski definition) is 1. The van der Waals surface area contributed by atoms with Crippen LogP contribution in [-0.2, 0) is 4.79 Å². The zero-order valence-electron chi connectivity index (χ0n) is 17.0. The highest BCUT2D eigenvalue weighted by atomic mass is 35.5. The number of benzene rings is 3. The first-order valence-corrected chi connectivity index (χ1v) is 10.9. The van der Waals surface area contributed by atoms with Crippen molar-refractivity contribution in [1.82, 2.24) is 10.2 Å². The molecule has 0 saturated heterocycles.